The van der Waals surface area contributed by atoms with E-state index < -0.39 is 10.0 Å². The smallest absolute Gasteiger partial charge is 0.243 e. The molecule has 1 atom stereocenters. The van der Waals surface area contributed by atoms with E-state index in [1.165, 1.54) is 0 Å². The minimum Gasteiger partial charge on any atom is -0.330 e. The van der Waals surface area contributed by atoms with Crippen molar-refractivity contribution in [3.63, 3.8) is 0 Å². The molecular formula is C18H20N4O2S. The minimum absolute atomic E-state index is 0.0950. The summed E-state index contributed by atoms with van der Waals surface area (Å²) in [4.78, 5) is 9.20. The van der Waals surface area contributed by atoms with E-state index in [4.69, 9.17) is 4.98 Å². The Morgan fingerprint density at radius 1 is 1.16 bits per heavy atom. The Kier molecular flexibility index (Phi) is 3.85. The molecule has 0 spiro atoms. The second kappa shape index (κ2) is 5.93. The normalized spacial score (nSPS) is 18.9. The zero-order valence-corrected chi connectivity index (χ0v) is 15.1. The van der Waals surface area contributed by atoms with E-state index in [1.807, 2.05) is 36.7 Å². The third-order valence-corrected chi connectivity index (χ3v) is 6.77. The number of aromatic nitrogens is 3. The van der Waals surface area contributed by atoms with Gasteiger partial charge in [-0.05, 0) is 31.5 Å². The average Bonchev–Trinajstić information content (AvgIpc) is 3.21. The fraction of sp³-hybridized carbons (Fsp3) is 0.333. The second-order valence-corrected chi connectivity index (χ2v) is 8.49. The maximum Gasteiger partial charge on any atom is 0.243 e. The first kappa shape index (κ1) is 16.2. The standard InChI is InChI=1S/C18H20N4O2S/c1-13-3-5-15(6-4-13)25(23,24)22-10-8-14(12-22)18-20-16-7-9-19-11-17(16)21(18)2/h3-7,9,11,14H,8,10,12H2,1-2H3/t14-/m0/s1. The predicted molar refractivity (Wildman–Crippen MR) is 95.8 cm³/mol. The molecule has 0 N–H and O–H groups in total. The summed E-state index contributed by atoms with van der Waals surface area (Å²) in [6, 6.07) is 8.91. The molecule has 4 rings (SSSR count). The largest absolute Gasteiger partial charge is 0.330 e. The van der Waals surface area contributed by atoms with Gasteiger partial charge in [-0.3, -0.25) is 4.98 Å². The van der Waals surface area contributed by atoms with Crippen LogP contribution < -0.4 is 0 Å². The number of aryl methyl sites for hydroxylation is 2. The monoisotopic (exact) mass is 356 g/mol. The van der Waals surface area contributed by atoms with Gasteiger partial charge in [-0.2, -0.15) is 4.31 Å². The fourth-order valence-electron chi connectivity index (χ4n) is 3.44. The number of sulfonamides is 1. The molecular weight excluding hydrogens is 336 g/mol. The molecule has 6 nitrogen and oxygen atoms in total. The highest BCUT2D eigenvalue weighted by atomic mass is 32.2. The molecule has 0 unspecified atom stereocenters. The fourth-order valence-corrected chi connectivity index (χ4v) is 4.94. The number of fused-ring (bicyclic) bond motifs is 1. The van der Waals surface area contributed by atoms with Crippen molar-refractivity contribution in [3.8, 4) is 0 Å². The predicted octanol–water partition coefficient (Wildman–Crippen LogP) is 2.45. The summed E-state index contributed by atoms with van der Waals surface area (Å²) in [5, 5.41) is 0. The van der Waals surface area contributed by atoms with Crippen molar-refractivity contribution in [3.05, 3.63) is 54.1 Å². The number of imidazole rings is 1. The third kappa shape index (κ3) is 2.73. The van der Waals surface area contributed by atoms with Crippen molar-refractivity contribution >= 4 is 21.1 Å². The van der Waals surface area contributed by atoms with Crippen molar-refractivity contribution in [1.29, 1.82) is 0 Å². The average molecular weight is 356 g/mol. The van der Waals surface area contributed by atoms with Crippen molar-refractivity contribution in [2.45, 2.75) is 24.2 Å². The van der Waals surface area contributed by atoms with Crippen molar-refractivity contribution < 1.29 is 8.42 Å². The van der Waals surface area contributed by atoms with E-state index >= 15 is 0 Å². The summed E-state index contributed by atoms with van der Waals surface area (Å²) < 4.78 is 29.3. The summed E-state index contributed by atoms with van der Waals surface area (Å²) in [5.41, 5.74) is 2.91. The molecule has 3 heterocycles. The quantitative estimate of drug-likeness (QED) is 0.723. The Balaban J connectivity index is 1.62. The second-order valence-electron chi connectivity index (χ2n) is 6.56. The van der Waals surface area contributed by atoms with E-state index in [0.29, 0.717) is 18.0 Å². The summed E-state index contributed by atoms with van der Waals surface area (Å²) in [6.45, 7) is 2.92. The topological polar surface area (TPSA) is 68.1 Å². The Morgan fingerprint density at radius 2 is 1.92 bits per heavy atom. The van der Waals surface area contributed by atoms with Gasteiger partial charge < -0.3 is 4.57 Å². The molecule has 2 aromatic heterocycles. The molecule has 0 saturated carbocycles. The van der Waals surface area contributed by atoms with Gasteiger partial charge >= 0.3 is 0 Å². The summed E-state index contributed by atoms with van der Waals surface area (Å²) in [6.07, 6.45) is 4.29. The van der Waals surface area contributed by atoms with Gasteiger partial charge in [0.05, 0.1) is 22.1 Å². The SMILES string of the molecule is Cc1ccc(S(=O)(=O)N2CC[C@H](c3nc4ccncc4n3C)C2)cc1. The number of nitrogens with zero attached hydrogens (tertiary/aromatic N) is 4. The lowest BCUT2D eigenvalue weighted by Gasteiger charge is -2.17. The Labute approximate surface area is 147 Å². The van der Waals surface area contributed by atoms with Crippen LogP contribution >= 0.6 is 0 Å². The zero-order chi connectivity index (χ0) is 17.6. The first-order valence-electron chi connectivity index (χ1n) is 8.30. The Bertz CT molecular complexity index is 1020. The van der Waals surface area contributed by atoms with Gasteiger partial charge in [-0.25, -0.2) is 13.4 Å². The van der Waals surface area contributed by atoms with Crippen molar-refractivity contribution in [2.24, 2.45) is 7.05 Å². The van der Waals surface area contributed by atoms with Crippen LogP contribution in [0.15, 0.2) is 47.6 Å². The van der Waals surface area contributed by atoms with Gasteiger partial charge in [-0.15, -0.1) is 0 Å². The van der Waals surface area contributed by atoms with E-state index in [2.05, 4.69) is 4.98 Å². The third-order valence-electron chi connectivity index (χ3n) is 4.89. The molecule has 0 aliphatic carbocycles. The van der Waals surface area contributed by atoms with Gasteiger partial charge in [0.1, 0.15) is 5.82 Å². The molecule has 1 aliphatic heterocycles. The molecule has 0 bridgehead atoms. The molecule has 1 fully saturated rings. The number of rotatable bonds is 3. The maximum absolute atomic E-state index is 12.9. The summed E-state index contributed by atoms with van der Waals surface area (Å²) in [7, 11) is -1.49. The Hall–Kier alpha value is -2.25. The van der Waals surface area contributed by atoms with Crippen LogP contribution in [0.2, 0.25) is 0 Å². The van der Waals surface area contributed by atoms with Crippen LogP contribution in [0.3, 0.4) is 0 Å². The molecule has 0 amide bonds. The van der Waals surface area contributed by atoms with Crippen LogP contribution in [0.4, 0.5) is 0 Å². The summed E-state index contributed by atoms with van der Waals surface area (Å²) >= 11 is 0. The Morgan fingerprint density at radius 3 is 2.64 bits per heavy atom. The lowest BCUT2D eigenvalue weighted by Crippen LogP contribution is -2.28. The number of benzene rings is 1. The molecule has 1 saturated heterocycles. The zero-order valence-electron chi connectivity index (χ0n) is 14.3. The number of hydrogen-bond donors (Lipinski definition) is 0. The molecule has 0 radical (unpaired) electrons. The van der Waals surface area contributed by atoms with Crippen molar-refractivity contribution in [2.75, 3.05) is 13.1 Å². The maximum atomic E-state index is 12.9. The highest BCUT2D eigenvalue weighted by Gasteiger charge is 2.35. The van der Waals surface area contributed by atoms with Crippen LogP contribution in [-0.2, 0) is 17.1 Å². The molecule has 130 valence electrons. The van der Waals surface area contributed by atoms with Crippen molar-refractivity contribution in [1.82, 2.24) is 18.8 Å². The van der Waals surface area contributed by atoms with E-state index in [-0.39, 0.29) is 5.92 Å². The minimum atomic E-state index is -3.46. The highest BCUT2D eigenvalue weighted by Crippen LogP contribution is 2.31. The first-order chi connectivity index (χ1) is 12.0. The number of hydrogen-bond acceptors (Lipinski definition) is 4. The van der Waals surface area contributed by atoms with E-state index in [1.54, 1.807) is 28.8 Å². The lowest BCUT2D eigenvalue weighted by atomic mass is 10.1. The molecule has 1 aromatic carbocycles. The van der Waals surface area contributed by atoms with Crippen LogP contribution in [-0.4, -0.2) is 40.3 Å². The highest BCUT2D eigenvalue weighted by molar-refractivity contribution is 7.89. The van der Waals surface area contributed by atoms with Crippen LogP contribution in [0.25, 0.3) is 11.0 Å². The lowest BCUT2D eigenvalue weighted by molar-refractivity contribution is 0.470. The van der Waals surface area contributed by atoms with Gasteiger partial charge in [0, 0.05) is 32.3 Å². The summed E-state index contributed by atoms with van der Waals surface area (Å²) in [5.74, 6) is 1.02. The van der Waals surface area contributed by atoms with Crippen LogP contribution in [0.5, 0.6) is 0 Å². The molecule has 7 heteroatoms. The molecule has 1 aliphatic rings. The van der Waals surface area contributed by atoms with E-state index in [9.17, 15) is 8.42 Å². The van der Waals surface area contributed by atoms with E-state index in [0.717, 1.165) is 28.8 Å². The van der Waals surface area contributed by atoms with Gasteiger partial charge in [0.15, 0.2) is 0 Å². The van der Waals surface area contributed by atoms with Gasteiger partial charge in [-0.1, -0.05) is 17.7 Å². The van der Waals surface area contributed by atoms with Crippen LogP contribution in [0, 0.1) is 6.92 Å². The van der Waals surface area contributed by atoms with Gasteiger partial charge in [0.25, 0.3) is 0 Å². The number of pyridine rings is 1. The molecule has 25 heavy (non-hydrogen) atoms. The van der Waals surface area contributed by atoms with Gasteiger partial charge in [0.2, 0.25) is 10.0 Å². The molecule has 3 aromatic rings. The van der Waals surface area contributed by atoms with Crippen LogP contribution in [0.1, 0.15) is 23.7 Å². The first-order valence-corrected chi connectivity index (χ1v) is 9.74.